The van der Waals surface area contributed by atoms with E-state index in [-0.39, 0.29) is 6.03 Å². The third-order valence-electron chi connectivity index (χ3n) is 4.74. The van der Waals surface area contributed by atoms with Gasteiger partial charge in [0.1, 0.15) is 5.82 Å². The summed E-state index contributed by atoms with van der Waals surface area (Å²) in [6.45, 7) is 4.75. The first-order valence-electron chi connectivity index (χ1n) is 8.23. The van der Waals surface area contributed by atoms with E-state index in [1.165, 1.54) is 11.5 Å². The Labute approximate surface area is 144 Å². The van der Waals surface area contributed by atoms with Gasteiger partial charge in [-0.05, 0) is 37.4 Å². The zero-order valence-electron chi connectivity index (χ0n) is 13.6. The second-order valence-electron chi connectivity index (χ2n) is 6.30. The monoisotopic (exact) mass is 344 g/mol. The number of aromatic nitrogens is 3. The third kappa shape index (κ3) is 2.82. The lowest BCUT2D eigenvalue weighted by Crippen LogP contribution is -2.44. The quantitative estimate of drug-likeness (QED) is 0.901. The molecule has 2 amide bonds. The van der Waals surface area contributed by atoms with E-state index < -0.39 is 0 Å². The van der Waals surface area contributed by atoms with Crippen molar-refractivity contribution in [2.75, 3.05) is 18.0 Å². The molecule has 2 aliphatic heterocycles. The van der Waals surface area contributed by atoms with Crippen LogP contribution in [-0.2, 0) is 13.1 Å². The van der Waals surface area contributed by atoms with Gasteiger partial charge >= 0.3 is 6.03 Å². The molecule has 1 N–H and O–H groups in total. The molecule has 4 rings (SSSR count). The fraction of sp³-hybridized carbons (Fsp3) is 0.500. The molecule has 2 aromatic heterocycles. The van der Waals surface area contributed by atoms with Crippen LogP contribution >= 0.6 is 11.5 Å². The van der Waals surface area contributed by atoms with Crippen molar-refractivity contribution in [1.82, 2.24) is 24.8 Å². The molecule has 0 saturated carbocycles. The molecule has 0 bridgehead atoms. The summed E-state index contributed by atoms with van der Waals surface area (Å²) in [7, 11) is 0. The van der Waals surface area contributed by atoms with Crippen LogP contribution in [0.4, 0.5) is 10.6 Å². The fourth-order valence-corrected chi connectivity index (χ4v) is 4.05. The van der Waals surface area contributed by atoms with Crippen molar-refractivity contribution >= 4 is 23.4 Å². The number of nitrogens with zero attached hydrogens (tertiary/aromatic N) is 5. The molecule has 1 atom stereocenters. The topological polar surface area (TPSA) is 74.2 Å². The summed E-state index contributed by atoms with van der Waals surface area (Å²) in [5.74, 6) is 1.04. The molecule has 2 aromatic rings. The van der Waals surface area contributed by atoms with Crippen LogP contribution in [0, 0.1) is 6.92 Å². The SMILES string of the molecule is Cc1nnsc1CNC(=O)N1Cc2cccnc2N2CCC[C@@H]2C1. The van der Waals surface area contributed by atoms with Gasteiger partial charge in [-0.3, -0.25) is 0 Å². The van der Waals surface area contributed by atoms with Crippen LogP contribution in [0.25, 0.3) is 0 Å². The summed E-state index contributed by atoms with van der Waals surface area (Å²) in [6, 6.07) is 4.34. The number of amides is 2. The maximum atomic E-state index is 12.7. The van der Waals surface area contributed by atoms with Crippen molar-refractivity contribution < 1.29 is 4.79 Å². The number of pyridine rings is 1. The molecule has 126 valence electrons. The number of aryl methyl sites for hydroxylation is 1. The highest BCUT2D eigenvalue weighted by molar-refractivity contribution is 7.05. The van der Waals surface area contributed by atoms with E-state index in [2.05, 4.69) is 30.9 Å². The van der Waals surface area contributed by atoms with Crippen LogP contribution in [0.2, 0.25) is 0 Å². The summed E-state index contributed by atoms with van der Waals surface area (Å²) in [6.07, 6.45) is 4.10. The predicted molar refractivity (Wildman–Crippen MR) is 91.9 cm³/mol. The Morgan fingerprint density at radius 2 is 2.42 bits per heavy atom. The van der Waals surface area contributed by atoms with E-state index in [1.54, 1.807) is 0 Å². The predicted octanol–water partition coefficient (Wildman–Crippen LogP) is 1.94. The molecule has 1 fully saturated rings. The number of urea groups is 1. The Balaban J connectivity index is 1.51. The molecule has 0 aromatic carbocycles. The normalized spacial score (nSPS) is 19.6. The Hall–Kier alpha value is -2.22. The van der Waals surface area contributed by atoms with Crippen molar-refractivity contribution in [2.24, 2.45) is 0 Å². The van der Waals surface area contributed by atoms with Gasteiger partial charge in [-0.2, -0.15) is 0 Å². The number of anilines is 1. The number of rotatable bonds is 2. The maximum Gasteiger partial charge on any atom is 0.318 e. The average molecular weight is 344 g/mol. The standard InChI is InChI=1S/C16H20N6OS/c1-11-14(24-20-19-11)8-18-16(23)21-9-12-4-2-6-17-15(12)22-7-3-5-13(22)10-21/h2,4,6,13H,3,5,7-10H2,1H3,(H,18,23)/t13-/m1/s1. The molecular formula is C16H20N6OS. The number of hydrogen-bond donors (Lipinski definition) is 1. The molecule has 0 spiro atoms. The Morgan fingerprint density at radius 1 is 1.50 bits per heavy atom. The summed E-state index contributed by atoms with van der Waals surface area (Å²) in [5, 5.41) is 7.00. The number of carbonyl (C=O) groups excluding carboxylic acids is 1. The van der Waals surface area contributed by atoms with E-state index in [4.69, 9.17) is 0 Å². The van der Waals surface area contributed by atoms with Crippen LogP contribution in [0.5, 0.6) is 0 Å². The first kappa shape index (κ1) is 15.3. The molecule has 7 nitrogen and oxygen atoms in total. The summed E-state index contributed by atoms with van der Waals surface area (Å²) in [4.78, 5) is 22.5. The Bertz CT molecular complexity index is 748. The van der Waals surface area contributed by atoms with E-state index in [0.717, 1.165) is 47.9 Å². The Morgan fingerprint density at radius 3 is 3.25 bits per heavy atom. The second kappa shape index (κ2) is 6.35. The van der Waals surface area contributed by atoms with Gasteiger partial charge in [0, 0.05) is 30.9 Å². The van der Waals surface area contributed by atoms with E-state index >= 15 is 0 Å². The average Bonchev–Trinajstić information content (AvgIpc) is 3.18. The van der Waals surface area contributed by atoms with Gasteiger partial charge in [0.2, 0.25) is 0 Å². The molecule has 4 heterocycles. The minimum Gasteiger partial charge on any atom is -0.352 e. The van der Waals surface area contributed by atoms with Gasteiger partial charge in [-0.15, -0.1) is 5.10 Å². The number of carbonyl (C=O) groups is 1. The zero-order chi connectivity index (χ0) is 16.5. The lowest BCUT2D eigenvalue weighted by molar-refractivity contribution is 0.192. The van der Waals surface area contributed by atoms with E-state index in [1.807, 2.05) is 24.1 Å². The van der Waals surface area contributed by atoms with Crippen molar-refractivity contribution in [2.45, 2.75) is 38.9 Å². The van der Waals surface area contributed by atoms with E-state index in [0.29, 0.717) is 19.1 Å². The molecule has 0 aliphatic carbocycles. The number of nitrogens with one attached hydrogen (secondary N) is 1. The molecule has 0 unspecified atom stereocenters. The van der Waals surface area contributed by atoms with Crippen LogP contribution in [0.15, 0.2) is 18.3 Å². The van der Waals surface area contributed by atoms with Crippen LogP contribution in [0.1, 0.15) is 29.0 Å². The van der Waals surface area contributed by atoms with Crippen LogP contribution < -0.4 is 10.2 Å². The molecule has 1 saturated heterocycles. The summed E-state index contributed by atoms with van der Waals surface area (Å²) >= 11 is 1.33. The van der Waals surface area contributed by atoms with Gasteiger partial charge in [0.05, 0.1) is 23.7 Å². The fourth-order valence-electron chi connectivity index (χ4n) is 3.48. The summed E-state index contributed by atoms with van der Waals surface area (Å²) in [5.41, 5.74) is 2.00. The van der Waals surface area contributed by atoms with E-state index in [9.17, 15) is 4.79 Å². The summed E-state index contributed by atoms with van der Waals surface area (Å²) < 4.78 is 3.91. The molecular weight excluding hydrogens is 324 g/mol. The highest BCUT2D eigenvalue weighted by Crippen LogP contribution is 2.31. The lowest BCUT2D eigenvalue weighted by Gasteiger charge is -2.27. The van der Waals surface area contributed by atoms with Crippen LogP contribution in [-0.4, -0.2) is 44.6 Å². The van der Waals surface area contributed by atoms with Gasteiger partial charge in [0.15, 0.2) is 0 Å². The second-order valence-corrected chi connectivity index (χ2v) is 7.14. The van der Waals surface area contributed by atoms with Gasteiger partial charge in [-0.1, -0.05) is 10.6 Å². The third-order valence-corrected chi connectivity index (χ3v) is 5.57. The Kier molecular flexibility index (Phi) is 4.05. The minimum atomic E-state index is -0.0358. The first-order valence-corrected chi connectivity index (χ1v) is 9.01. The van der Waals surface area contributed by atoms with Gasteiger partial charge < -0.3 is 15.1 Å². The molecule has 2 aliphatic rings. The largest absolute Gasteiger partial charge is 0.352 e. The van der Waals surface area contributed by atoms with Gasteiger partial charge in [0.25, 0.3) is 0 Å². The lowest BCUT2D eigenvalue weighted by atomic mass is 10.2. The van der Waals surface area contributed by atoms with Gasteiger partial charge in [-0.25, -0.2) is 9.78 Å². The molecule has 0 radical (unpaired) electrons. The van der Waals surface area contributed by atoms with Crippen molar-refractivity contribution in [3.63, 3.8) is 0 Å². The number of fused-ring (bicyclic) bond motifs is 3. The zero-order valence-corrected chi connectivity index (χ0v) is 14.4. The van der Waals surface area contributed by atoms with Crippen molar-refractivity contribution in [3.8, 4) is 0 Å². The maximum absolute atomic E-state index is 12.7. The first-order chi connectivity index (χ1) is 11.7. The van der Waals surface area contributed by atoms with Crippen LogP contribution in [0.3, 0.4) is 0 Å². The molecule has 24 heavy (non-hydrogen) atoms. The minimum absolute atomic E-state index is 0.0358. The number of hydrogen-bond acceptors (Lipinski definition) is 6. The highest BCUT2D eigenvalue weighted by Gasteiger charge is 2.33. The smallest absolute Gasteiger partial charge is 0.318 e. The van der Waals surface area contributed by atoms with Crippen molar-refractivity contribution in [1.29, 1.82) is 0 Å². The van der Waals surface area contributed by atoms with Crippen molar-refractivity contribution in [3.05, 3.63) is 34.5 Å². The highest BCUT2D eigenvalue weighted by atomic mass is 32.1. The molecule has 8 heteroatoms.